The second-order valence-electron chi connectivity index (χ2n) is 4.14. The van der Waals surface area contributed by atoms with Crippen LogP contribution in [-0.2, 0) is 21.2 Å². The van der Waals surface area contributed by atoms with Gasteiger partial charge in [0.15, 0.2) is 0 Å². The fraction of sp³-hybridized carbons (Fsp3) is 0.538. The summed E-state index contributed by atoms with van der Waals surface area (Å²) in [4.78, 5) is 0.307. The van der Waals surface area contributed by atoms with Crippen molar-refractivity contribution in [2.75, 3.05) is 33.4 Å². The lowest BCUT2D eigenvalue weighted by Gasteiger charge is -2.08. The Kier molecular flexibility index (Phi) is 7.01. The summed E-state index contributed by atoms with van der Waals surface area (Å²) in [6.45, 7) is 4.30. The van der Waals surface area contributed by atoms with E-state index < -0.39 is 10.0 Å². The number of sulfonamides is 1. The molecule has 0 bridgehead atoms. The lowest BCUT2D eigenvalue weighted by Crippen LogP contribution is -2.33. The van der Waals surface area contributed by atoms with E-state index in [1.807, 2.05) is 19.1 Å². The SMILES string of the molecule is CCc1ccc(S(=O)(=O)NCCNCCOC)cc1. The lowest BCUT2D eigenvalue weighted by molar-refractivity contribution is 0.199. The van der Waals surface area contributed by atoms with E-state index in [1.165, 1.54) is 0 Å². The van der Waals surface area contributed by atoms with E-state index in [0.29, 0.717) is 31.1 Å². The number of rotatable bonds is 9. The highest BCUT2D eigenvalue weighted by atomic mass is 32.2. The van der Waals surface area contributed by atoms with Crippen molar-refractivity contribution in [3.05, 3.63) is 29.8 Å². The number of nitrogens with one attached hydrogen (secondary N) is 2. The predicted molar refractivity (Wildman–Crippen MR) is 75.8 cm³/mol. The van der Waals surface area contributed by atoms with Crippen molar-refractivity contribution in [3.8, 4) is 0 Å². The Balaban J connectivity index is 2.42. The fourth-order valence-corrected chi connectivity index (χ4v) is 2.59. The highest BCUT2D eigenvalue weighted by Gasteiger charge is 2.12. The molecule has 0 saturated carbocycles. The highest BCUT2D eigenvalue weighted by Crippen LogP contribution is 2.10. The van der Waals surface area contributed by atoms with Gasteiger partial charge in [0, 0.05) is 26.7 Å². The van der Waals surface area contributed by atoms with Gasteiger partial charge in [0.25, 0.3) is 0 Å². The van der Waals surface area contributed by atoms with Crippen LogP contribution in [0.1, 0.15) is 12.5 Å². The first-order valence-corrected chi connectivity index (χ1v) is 7.86. The van der Waals surface area contributed by atoms with Crippen LogP contribution in [0.25, 0.3) is 0 Å². The molecule has 0 aliphatic heterocycles. The number of aryl methyl sites for hydroxylation is 1. The van der Waals surface area contributed by atoms with Gasteiger partial charge in [-0.05, 0) is 24.1 Å². The minimum absolute atomic E-state index is 0.307. The first kappa shape index (κ1) is 16.1. The Morgan fingerprint density at radius 2 is 1.79 bits per heavy atom. The zero-order valence-electron chi connectivity index (χ0n) is 11.5. The second-order valence-corrected chi connectivity index (χ2v) is 5.91. The molecule has 0 saturated heterocycles. The molecule has 0 radical (unpaired) electrons. The molecule has 0 aliphatic carbocycles. The zero-order chi connectivity index (χ0) is 14.1. The van der Waals surface area contributed by atoms with Crippen molar-refractivity contribution < 1.29 is 13.2 Å². The number of ether oxygens (including phenoxy) is 1. The molecule has 0 heterocycles. The van der Waals surface area contributed by atoms with Crippen LogP contribution in [0.15, 0.2) is 29.2 Å². The van der Waals surface area contributed by atoms with Crippen molar-refractivity contribution in [1.29, 1.82) is 0 Å². The Bertz CT molecular complexity index is 457. The molecule has 0 aromatic heterocycles. The Morgan fingerprint density at radius 3 is 2.37 bits per heavy atom. The van der Waals surface area contributed by atoms with E-state index in [0.717, 1.165) is 12.0 Å². The third-order valence-electron chi connectivity index (χ3n) is 2.72. The van der Waals surface area contributed by atoms with Crippen LogP contribution < -0.4 is 10.0 Å². The van der Waals surface area contributed by atoms with Crippen molar-refractivity contribution in [3.63, 3.8) is 0 Å². The molecule has 1 aromatic rings. The van der Waals surface area contributed by atoms with Gasteiger partial charge in [-0.1, -0.05) is 19.1 Å². The molecule has 19 heavy (non-hydrogen) atoms. The molecule has 6 heteroatoms. The molecule has 0 spiro atoms. The van der Waals surface area contributed by atoms with E-state index in [1.54, 1.807) is 19.2 Å². The molecule has 0 unspecified atom stereocenters. The third-order valence-corrected chi connectivity index (χ3v) is 4.20. The van der Waals surface area contributed by atoms with Crippen molar-refractivity contribution >= 4 is 10.0 Å². The lowest BCUT2D eigenvalue weighted by atomic mass is 10.2. The maximum Gasteiger partial charge on any atom is 0.240 e. The average Bonchev–Trinajstić information content (AvgIpc) is 2.43. The summed E-state index contributed by atoms with van der Waals surface area (Å²) in [7, 11) is -1.77. The van der Waals surface area contributed by atoms with Gasteiger partial charge in [-0.25, -0.2) is 13.1 Å². The Hall–Kier alpha value is -0.950. The normalized spacial score (nSPS) is 11.7. The Morgan fingerprint density at radius 1 is 1.11 bits per heavy atom. The first-order chi connectivity index (χ1) is 9.10. The first-order valence-electron chi connectivity index (χ1n) is 6.38. The van der Waals surface area contributed by atoms with E-state index >= 15 is 0 Å². The maximum absolute atomic E-state index is 12.0. The van der Waals surface area contributed by atoms with Gasteiger partial charge in [0.1, 0.15) is 0 Å². The number of hydrogen-bond donors (Lipinski definition) is 2. The van der Waals surface area contributed by atoms with E-state index in [-0.39, 0.29) is 0 Å². The molecule has 0 amide bonds. The monoisotopic (exact) mass is 286 g/mol. The number of benzene rings is 1. The quantitative estimate of drug-likeness (QED) is 0.658. The molecule has 2 N–H and O–H groups in total. The number of hydrogen-bond acceptors (Lipinski definition) is 4. The van der Waals surface area contributed by atoms with Crippen LogP contribution in [0.5, 0.6) is 0 Å². The second kappa shape index (κ2) is 8.27. The van der Waals surface area contributed by atoms with Crippen molar-refractivity contribution in [1.82, 2.24) is 10.0 Å². The fourth-order valence-electron chi connectivity index (χ4n) is 1.56. The predicted octanol–water partition coefficient (Wildman–Crippen LogP) is 0.763. The summed E-state index contributed by atoms with van der Waals surface area (Å²) in [6, 6.07) is 6.95. The molecule has 0 atom stereocenters. The minimum Gasteiger partial charge on any atom is -0.383 e. The smallest absolute Gasteiger partial charge is 0.240 e. The molecule has 0 aliphatic rings. The summed E-state index contributed by atoms with van der Waals surface area (Å²) in [5, 5.41) is 3.08. The molecular formula is C13H22N2O3S. The van der Waals surface area contributed by atoms with E-state index in [2.05, 4.69) is 10.0 Å². The average molecular weight is 286 g/mol. The zero-order valence-corrected chi connectivity index (χ0v) is 12.3. The van der Waals surface area contributed by atoms with Gasteiger partial charge in [-0.3, -0.25) is 0 Å². The van der Waals surface area contributed by atoms with Crippen LogP contribution in [-0.4, -0.2) is 41.8 Å². The molecule has 5 nitrogen and oxygen atoms in total. The highest BCUT2D eigenvalue weighted by molar-refractivity contribution is 7.89. The largest absolute Gasteiger partial charge is 0.383 e. The molecule has 0 fully saturated rings. The number of methoxy groups -OCH3 is 1. The van der Waals surface area contributed by atoms with Crippen LogP contribution in [0.3, 0.4) is 0 Å². The maximum atomic E-state index is 12.0. The standard InChI is InChI=1S/C13H22N2O3S/c1-3-12-4-6-13(7-5-12)19(16,17)15-9-8-14-10-11-18-2/h4-7,14-15H,3,8-11H2,1-2H3. The minimum atomic E-state index is -3.40. The van der Waals surface area contributed by atoms with E-state index in [9.17, 15) is 8.42 Å². The van der Waals surface area contributed by atoms with Gasteiger partial charge in [-0.15, -0.1) is 0 Å². The van der Waals surface area contributed by atoms with Crippen LogP contribution in [0.4, 0.5) is 0 Å². The van der Waals surface area contributed by atoms with E-state index in [4.69, 9.17) is 4.74 Å². The molecule has 108 valence electrons. The van der Waals surface area contributed by atoms with Crippen LogP contribution >= 0.6 is 0 Å². The Labute approximate surface area is 115 Å². The third kappa shape index (κ3) is 5.69. The summed E-state index contributed by atoms with van der Waals surface area (Å²) >= 11 is 0. The van der Waals surface area contributed by atoms with Gasteiger partial charge in [0.2, 0.25) is 10.0 Å². The van der Waals surface area contributed by atoms with Crippen molar-refractivity contribution in [2.45, 2.75) is 18.2 Å². The summed E-state index contributed by atoms with van der Waals surface area (Å²) in [6.07, 6.45) is 0.900. The van der Waals surface area contributed by atoms with Gasteiger partial charge < -0.3 is 10.1 Å². The van der Waals surface area contributed by atoms with Gasteiger partial charge in [-0.2, -0.15) is 0 Å². The van der Waals surface area contributed by atoms with Crippen molar-refractivity contribution in [2.24, 2.45) is 0 Å². The van der Waals surface area contributed by atoms with Gasteiger partial charge in [0.05, 0.1) is 11.5 Å². The van der Waals surface area contributed by atoms with Crippen LogP contribution in [0, 0.1) is 0 Å². The molecule has 1 rings (SSSR count). The summed E-state index contributed by atoms with van der Waals surface area (Å²) in [5.41, 5.74) is 1.13. The summed E-state index contributed by atoms with van der Waals surface area (Å²) < 4.78 is 31.4. The van der Waals surface area contributed by atoms with Crippen LogP contribution in [0.2, 0.25) is 0 Å². The molecular weight excluding hydrogens is 264 g/mol. The van der Waals surface area contributed by atoms with Gasteiger partial charge >= 0.3 is 0 Å². The summed E-state index contributed by atoms with van der Waals surface area (Å²) in [5.74, 6) is 0. The molecule has 1 aromatic carbocycles. The topological polar surface area (TPSA) is 67.4 Å².